The third-order valence-electron chi connectivity index (χ3n) is 2.40. The molecular weight excluding hydrogens is 164 g/mol. The van der Waals surface area contributed by atoms with Crippen molar-refractivity contribution in [1.29, 1.82) is 5.26 Å². The molecule has 0 aliphatic carbocycles. The molecule has 0 spiro atoms. The van der Waals surface area contributed by atoms with E-state index < -0.39 is 0 Å². The van der Waals surface area contributed by atoms with Crippen LogP contribution in [0.1, 0.15) is 33.1 Å². The summed E-state index contributed by atoms with van der Waals surface area (Å²) < 4.78 is 5.44. The number of hydrogen-bond acceptors (Lipinski definition) is 3. The molecule has 1 fully saturated rings. The van der Waals surface area contributed by atoms with Gasteiger partial charge in [0.05, 0.1) is 18.6 Å². The lowest BCUT2D eigenvalue weighted by molar-refractivity contribution is 0.0117. The highest BCUT2D eigenvalue weighted by Gasteiger charge is 2.20. The number of nitrogens with zero attached hydrogens (tertiary/aromatic N) is 1. The van der Waals surface area contributed by atoms with Gasteiger partial charge in [0, 0.05) is 18.7 Å². The zero-order chi connectivity index (χ0) is 9.68. The molecule has 1 aliphatic heterocycles. The summed E-state index contributed by atoms with van der Waals surface area (Å²) in [7, 11) is 0. The average Bonchev–Trinajstić information content (AvgIpc) is 2.04. The van der Waals surface area contributed by atoms with Gasteiger partial charge >= 0.3 is 0 Å². The predicted molar refractivity (Wildman–Crippen MR) is 51.3 cm³/mol. The first kappa shape index (κ1) is 10.5. The molecule has 0 aromatic rings. The van der Waals surface area contributed by atoms with Crippen molar-refractivity contribution in [2.75, 3.05) is 6.61 Å². The molecule has 0 radical (unpaired) electrons. The van der Waals surface area contributed by atoms with Crippen molar-refractivity contribution >= 4 is 0 Å². The van der Waals surface area contributed by atoms with E-state index in [1.54, 1.807) is 0 Å². The molecule has 3 nitrogen and oxygen atoms in total. The van der Waals surface area contributed by atoms with Crippen LogP contribution in [0.25, 0.3) is 0 Å². The number of ether oxygens (including phenoxy) is 1. The minimum atomic E-state index is 0.306. The van der Waals surface area contributed by atoms with Crippen molar-refractivity contribution < 1.29 is 4.74 Å². The summed E-state index contributed by atoms with van der Waals surface area (Å²) >= 11 is 0. The van der Waals surface area contributed by atoms with Crippen molar-refractivity contribution in [3.63, 3.8) is 0 Å². The molecule has 74 valence electrons. The Morgan fingerprint density at radius 3 is 3.08 bits per heavy atom. The highest BCUT2D eigenvalue weighted by Crippen LogP contribution is 2.13. The molecule has 3 atom stereocenters. The molecular formula is C10H18N2O. The Labute approximate surface area is 80.1 Å². The molecule has 0 bridgehead atoms. The highest BCUT2D eigenvalue weighted by molar-refractivity contribution is 4.82. The Balaban J connectivity index is 2.24. The Morgan fingerprint density at radius 2 is 2.46 bits per heavy atom. The van der Waals surface area contributed by atoms with E-state index in [9.17, 15) is 0 Å². The van der Waals surface area contributed by atoms with Gasteiger partial charge in [0.15, 0.2) is 0 Å². The molecule has 3 unspecified atom stereocenters. The first-order valence-corrected chi connectivity index (χ1v) is 4.97. The van der Waals surface area contributed by atoms with E-state index in [-0.39, 0.29) is 0 Å². The molecule has 1 N–H and O–H groups in total. The Bertz CT molecular complexity index is 188. The first-order chi connectivity index (χ1) is 6.22. The predicted octanol–water partition coefficient (Wildman–Crippen LogP) is 1.45. The first-order valence-electron chi connectivity index (χ1n) is 4.97. The summed E-state index contributed by atoms with van der Waals surface area (Å²) in [6, 6.07) is 3.01. The molecule has 0 saturated carbocycles. The van der Waals surface area contributed by atoms with E-state index in [2.05, 4.69) is 25.2 Å². The fourth-order valence-electron chi connectivity index (χ4n) is 1.75. The summed E-state index contributed by atoms with van der Waals surface area (Å²) in [5.74, 6) is 0. The van der Waals surface area contributed by atoms with E-state index >= 15 is 0 Å². The van der Waals surface area contributed by atoms with E-state index in [1.165, 1.54) is 0 Å². The van der Waals surface area contributed by atoms with Crippen molar-refractivity contribution in [3.05, 3.63) is 0 Å². The summed E-state index contributed by atoms with van der Waals surface area (Å²) in [6.07, 6.45) is 3.09. The summed E-state index contributed by atoms with van der Waals surface area (Å²) in [4.78, 5) is 0. The molecule has 1 rings (SSSR count). The third kappa shape index (κ3) is 3.75. The van der Waals surface area contributed by atoms with E-state index in [0.717, 1.165) is 19.4 Å². The standard InChI is InChI=1S/C10H18N2O/c1-8(3-5-11)12-10-4-6-13-9(2)7-10/h8-10,12H,3-4,6-7H2,1-2H3. The van der Waals surface area contributed by atoms with Crippen molar-refractivity contribution in [2.24, 2.45) is 0 Å². The zero-order valence-corrected chi connectivity index (χ0v) is 8.42. The molecule has 0 amide bonds. The second kappa shape index (κ2) is 5.21. The Kier molecular flexibility index (Phi) is 4.20. The Hall–Kier alpha value is -0.590. The molecule has 13 heavy (non-hydrogen) atoms. The number of nitrogens with one attached hydrogen (secondary N) is 1. The molecule has 0 aromatic heterocycles. The van der Waals surface area contributed by atoms with Crippen LogP contribution in [0.3, 0.4) is 0 Å². The van der Waals surface area contributed by atoms with Crippen molar-refractivity contribution in [3.8, 4) is 6.07 Å². The lowest BCUT2D eigenvalue weighted by atomic mass is 10.0. The van der Waals surface area contributed by atoms with Gasteiger partial charge in [-0.05, 0) is 26.7 Å². The third-order valence-corrected chi connectivity index (χ3v) is 2.40. The van der Waals surface area contributed by atoms with Crippen LogP contribution in [-0.2, 0) is 4.74 Å². The Morgan fingerprint density at radius 1 is 1.69 bits per heavy atom. The minimum Gasteiger partial charge on any atom is -0.378 e. The normalized spacial score (nSPS) is 30.8. The summed E-state index contributed by atoms with van der Waals surface area (Å²) in [5, 5.41) is 12.0. The SMILES string of the molecule is CC(CC#N)NC1CCOC(C)C1. The van der Waals surface area contributed by atoms with Crippen LogP contribution < -0.4 is 5.32 Å². The van der Waals surface area contributed by atoms with Crippen LogP contribution in [0.2, 0.25) is 0 Å². The summed E-state index contributed by atoms with van der Waals surface area (Å²) in [6.45, 7) is 5.00. The van der Waals surface area contributed by atoms with Crippen LogP contribution in [0.5, 0.6) is 0 Å². The van der Waals surface area contributed by atoms with E-state index in [1.807, 2.05) is 0 Å². The van der Waals surface area contributed by atoms with E-state index in [0.29, 0.717) is 24.6 Å². The zero-order valence-electron chi connectivity index (χ0n) is 8.42. The molecule has 0 aromatic carbocycles. The molecule has 1 saturated heterocycles. The molecule has 1 heterocycles. The maximum Gasteiger partial charge on any atom is 0.0638 e. The fraction of sp³-hybridized carbons (Fsp3) is 0.900. The number of hydrogen-bond donors (Lipinski definition) is 1. The fourth-order valence-corrected chi connectivity index (χ4v) is 1.75. The molecule has 3 heteroatoms. The van der Waals surface area contributed by atoms with Crippen molar-refractivity contribution in [2.45, 2.75) is 51.3 Å². The van der Waals surface area contributed by atoms with E-state index in [4.69, 9.17) is 10.00 Å². The van der Waals surface area contributed by atoms with Gasteiger partial charge in [-0.3, -0.25) is 0 Å². The van der Waals surface area contributed by atoms with Crippen LogP contribution in [0.15, 0.2) is 0 Å². The largest absolute Gasteiger partial charge is 0.378 e. The van der Waals surface area contributed by atoms with Gasteiger partial charge in [0.25, 0.3) is 0 Å². The van der Waals surface area contributed by atoms with Gasteiger partial charge in [-0.1, -0.05) is 0 Å². The second-order valence-electron chi connectivity index (χ2n) is 3.83. The van der Waals surface area contributed by atoms with Gasteiger partial charge in [0.1, 0.15) is 0 Å². The minimum absolute atomic E-state index is 0.306. The summed E-state index contributed by atoms with van der Waals surface area (Å²) in [5.41, 5.74) is 0. The quantitative estimate of drug-likeness (QED) is 0.718. The monoisotopic (exact) mass is 182 g/mol. The average molecular weight is 182 g/mol. The number of nitriles is 1. The van der Waals surface area contributed by atoms with Crippen molar-refractivity contribution in [1.82, 2.24) is 5.32 Å². The van der Waals surface area contributed by atoms with Gasteiger partial charge in [-0.25, -0.2) is 0 Å². The van der Waals surface area contributed by atoms with Gasteiger partial charge in [0.2, 0.25) is 0 Å². The van der Waals surface area contributed by atoms with Crippen LogP contribution in [0, 0.1) is 11.3 Å². The van der Waals surface area contributed by atoms with Crippen LogP contribution in [0.4, 0.5) is 0 Å². The van der Waals surface area contributed by atoms with Gasteiger partial charge < -0.3 is 10.1 Å². The lowest BCUT2D eigenvalue weighted by Gasteiger charge is -2.29. The maximum atomic E-state index is 8.50. The number of rotatable bonds is 3. The van der Waals surface area contributed by atoms with Gasteiger partial charge in [-0.15, -0.1) is 0 Å². The second-order valence-corrected chi connectivity index (χ2v) is 3.83. The topological polar surface area (TPSA) is 45.0 Å². The highest BCUT2D eigenvalue weighted by atomic mass is 16.5. The maximum absolute atomic E-state index is 8.50. The smallest absolute Gasteiger partial charge is 0.0638 e. The van der Waals surface area contributed by atoms with Crippen LogP contribution in [-0.4, -0.2) is 24.8 Å². The van der Waals surface area contributed by atoms with Gasteiger partial charge in [-0.2, -0.15) is 5.26 Å². The molecule has 1 aliphatic rings. The van der Waals surface area contributed by atoms with Crippen LogP contribution >= 0.6 is 0 Å². The lowest BCUT2D eigenvalue weighted by Crippen LogP contribution is -2.42.